The Labute approximate surface area is 123 Å². The highest BCUT2D eigenvalue weighted by atomic mass is 35.5. The molecule has 0 bridgehead atoms. The third kappa shape index (κ3) is 4.15. The summed E-state index contributed by atoms with van der Waals surface area (Å²) in [6.45, 7) is 2.47. The SMILES string of the molecule is CCCNc1ccc(Cl)cc1C(=O)N(CC#N)CC#N. The van der Waals surface area contributed by atoms with Crippen molar-refractivity contribution < 1.29 is 4.79 Å². The van der Waals surface area contributed by atoms with Gasteiger partial charge in [0.25, 0.3) is 5.91 Å². The first kappa shape index (κ1) is 15.8. The van der Waals surface area contributed by atoms with Crippen LogP contribution in [0.3, 0.4) is 0 Å². The Bertz CT molecular complexity index is 543. The average molecular weight is 291 g/mol. The van der Waals surface area contributed by atoms with Gasteiger partial charge in [0.05, 0.1) is 17.7 Å². The number of nitrogens with one attached hydrogen (secondary N) is 1. The summed E-state index contributed by atoms with van der Waals surface area (Å²) in [6, 6.07) is 8.72. The van der Waals surface area contributed by atoms with Crippen LogP contribution in [0.4, 0.5) is 5.69 Å². The van der Waals surface area contributed by atoms with Gasteiger partial charge in [0.1, 0.15) is 13.1 Å². The fraction of sp³-hybridized carbons (Fsp3) is 0.357. The molecule has 0 aliphatic rings. The lowest BCUT2D eigenvalue weighted by atomic mass is 10.1. The van der Waals surface area contributed by atoms with Gasteiger partial charge in [-0.15, -0.1) is 0 Å². The Kier molecular flexibility index (Phi) is 6.36. The minimum atomic E-state index is -0.380. The zero-order valence-electron chi connectivity index (χ0n) is 11.2. The zero-order chi connectivity index (χ0) is 15.0. The van der Waals surface area contributed by atoms with E-state index in [2.05, 4.69) is 5.32 Å². The second kappa shape index (κ2) is 8.04. The van der Waals surface area contributed by atoms with Crippen LogP contribution in [0.15, 0.2) is 18.2 Å². The van der Waals surface area contributed by atoms with E-state index in [0.29, 0.717) is 16.3 Å². The summed E-state index contributed by atoms with van der Waals surface area (Å²) < 4.78 is 0. The van der Waals surface area contributed by atoms with Gasteiger partial charge in [0.2, 0.25) is 0 Å². The fourth-order valence-electron chi connectivity index (χ4n) is 1.65. The monoisotopic (exact) mass is 290 g/mol. The molecular weight excluding hydrogens is 276 g/mol. The smallest absolute Gasteiger partial charge is 0.257 e. The normalized spacial score (nSPS) is 9.40. The molecule has 0 aromatic heterocycles. The van der Waals surface area contributed by atoms with Crippen molar-refractivity contribution in [2.45, 2.75) is 13.3 Å². The van der Waals surface area contributed by atoms with Crippen molar-refractivity contribution in [3.05, 3.63) is 28.8 Å². The third-order valence-electron chi connectivity index (χ3n) is 2.59. The summed E-state index contributed by atoms with van der Waals surface area (Å²) >= 11 is 5.93. The van der Waals surface area contributed by atoms with Crippen LogP contribution in [0.1, 0.15) is 23.7 Å². The van der Waals surface area contributed by atoms with Crippen molar-refractivity contribution in [3.8, 4) is 12.1 Å². The molecule has 0 aliphatic heterocycles. The molecule has 6 heteroatoms. The van der Waals surface area contributed by atoms with E-state index in [1.54, 1.807) is 18.2 Å². The molecule has 20 heavy (non-hydrogen) atoms. The molecule has 1 amide bonds. The molecule has 5 nitrogen and oxygen atoms in total. The second-order valence-electron chi connectivity index (χ2n) is 4.09. The van der Waals surface area contributed by atoms with Crippen LogP contribution in [0, 0.1) is 22.7 Å². The van der Waals surface area contributed by atoms with Crippen molar-refractivity contribution in [1.29, 1.82) is 10.5 Å². The van der Waals surface area contributed by atoms with Gasteiger partial charge in [0.15, 0.2) is 0 Å². The minimum absolute atomic E-state index is 0.133. The van der Waals surface area contributed by atoms with Gasteiger partial charge in [-0.3, -0.25) is 4.79 Å². The Morgan fingerprint density at radius 2 is 2.00 bits per heavy atom. The Morgan fingerprint density at radius 3 is 2.55 bits per heavy atom. The predicted molar refractivity (Wildman–Crippen MR) is 77.4 cm³/mol. The summed E-state index contributed by atoms with van der Waals surface area (Å²) in [4.78, 5) is 13.6. The van der Waals surface area contributed by atoms with E-state index >= 15 is 0 Å². The second-order valence-corrected chi connectivity index (χ2v) is 4.53. The summed E-state index contributed by atoms with van der Waals surface area (Å²) in [5.74, 6) is -0.380. The highest BCUT2D eigenvalue weighted by Crippen LogP contribution is 2.22. The first-order valence-corrected chi connectivity index (χ1v) is 6.58. The van der Waals surface area contributed by atoms with E-state index < -0.39 is 0 Å². The molecule has 0 unspecified atom stereocenters. The molecule has 0 saturated heterocycles. The molecule has 0 atom stereocenters. The molecule has 0 fully saturated rings. The molecule has 1 N–H and O–H groups in total. The maximum Gasteiger partial charge on any atom is 0.257 e. The van der Waals surface area contributed by atoms with Crippen LogP contribution in [-0.4, -0.2) is 30.4 Å². The number of benzene rings is 1. The van der Waals surface area contributed by atoms with Crippen LogP contribution in [0.2, 0.25) is 5.02 Å². The van der Waals surface area contributed by atoms with Gasteiger partial charge in [-0.05, 0) is 24.6 Å². The zero-order valence-corrected chi connectivity index (χ0v) is 11.9. The van der Waals surface area contributed by atoms with Crippen LogP contribution in [0.25, 0.3) is 0 Å². The molecule has 1 rings (SSSR count). The highest BCUT2D eigenvalue weighted by molar-refractivity contribution is 6.31. The van der Waals surface area contributed by atoms with Crippen molar-refractivity contribution in [2.24, 2.45) is 0 Å². The summed E-state index contributed by atoms with van der Waals surface area (Å²) in [5, 5.41) is 21.0. The first-order chi connectivity index (χ1) is 9.63. The van der Waals surface area contributed by atoms with Crippen molar-refractivity contribution in [3.63, 3.8) is 0 Å². The van der Waals surface area contributed by atoms with E-state index in [-0.39, 0.29) is 19.0 Å². The number of nitriles is 2. The molecule has 104 valence electrons. The van der Waals surface area contributed by atoms with E-state index in [1.165, 1.54) is 4.90 Å². The molecule has 1 aromatic rings. The number of rotatable bonds is 6. The molecule has 0 heterocycles. The standard InChI is InChI=1S/C14H15ClN4O/c1-2-7-18-13-4-3-11(15)10-12(13)14(20)19(8-5-16)9-6-17/h3-4,10,18H,2,7-9H2,1H3. The summed E-state index contributed by atoms with van der Waals surface area (Å²) in [7, 11) is 0. The number of anilines is 1. The molecule has 1 aromatic carbocycles. The van der Waals surface area contributed by atoms with Crippen LogP contribution >= 0.6 is 11.6 Å². The lowest BCUT2D eigenvalue weighted by molar-refractivity contribution is 0.0795. The van der Waals surface area contributed by atoms with Gasteiger partial charge in [-0.1, -0.05) is 18.5 Å². The molecule has 0 spiro atoms. The number of carbonyl (C=O) groups is 1. The van der Waals surface area contributed by atoms with E-state index in [9.17, 15) is 4.79 Å². The fourth-order valence-corrected chi connectivity index (χ4v) is 1.82. The van der Waals surface area contributed by atoms with Gasteiger partial charge < -0.3 is 10.2 Å². The van der Waals surface area contributed by atoms with Gasteiger partial charge >= 0.3 is 0 Å². The topological polar surface area (TPSA) is 79.9 Å². The summed E-state index contributed by atoms with van der Waals surface area (Å²) in [5.41, 5.74) is 1.03. The number of halogens is 1. The van der Waals surface area contributed by atoms with E-state index in [1.807, 2.05) is 19.1 Å². The minimum Gasteiger partial charge on any atom is -0.384 e. The Morgan fingerprint density at radius 1 is 1.35 bits per heavy atom. The predicted octanol–water partition coefficient (Wildman–Crippen LogP) is 2.65. The largest absolute Gasteiger partial charge is 0.384 e. The molecule has 0 radical (unpaired) electrons. The number of hydrogen-bond donors (Lipinski definition) is 1. The Balaban J connectivity index is 3.09. The van der Waals surface area contributed by atoms with Gasteiger partial charge in [-0.2, -0.15) is 10.5 Å². The lowest BCUT2D eigenvalue weighted by Crippen LogP contribution is -2.32. The number of nitrogens with zero attached hydrogens (tertiary/aromatic N) is 3. The van der Waals surface area contributed by atoms with E-state index in [0.717, 1.165) is 13.0 Å². The van der Waals surface area contributed by atoms with Gasteiger partial charge in [-0.25, -0.2) is 0 Å². The third-order valence-corrected chi connectivity index (χ3v) is 2.82. The lowest BCUT2D eigenvalue weighted by Gasteiger charge is -2.18. The van der Waals surface area contributed by atoms with Crippen LogP contribution < -0.4 is 5.32 Å². The van der Waals surface area contributed by atoms with Crippen molar-refractivity contribution in [2.75, 3.05) is 25.0 Å². The van der Waals surface area contributed by atoms with Gasteiger partial charge in [0, 0.05) is 17.3 Å². The first-order valence-electron chi connectivity index (χ1n) is 6.20. The Hall–Kier alpha value is -2.24. The van der Waals surface area contributed by atoms with Crippen LogP contribution in [-0.2, 0) is 0 Å². The maximum atomic E-state index is 12.4. The van der Waals surface area contributed by atoms with E-state index in [4.69, 9.17) is 22.1 Å². The molecular formula is C14H15ClN4O. The highest BCUT2D eigenvalue weighted by Gasteiger charge is 2.19. The number of amides is 1. The number of hydrogen-bond acceptors (Lipinski definition) is 4. The maximum absolute atomic E-state index is 12.4. The summed E-state index contributed by atoms with van der Waals surface area (Å²) in [6.07, 6.45) is 0.913. The molecule has 0 saturated carbocycles. The van der Waals surface area contributed by atoms with Crippen LogP contribution in [0.5, 0.6) is 0 Å². The average Bonchev–Trinajstić information content (AvgIpc) is 2.45. The van der Waals surface area contributed by atoms with Crippen molar-refractivity contribution in [1.82, 2.24) is 4.90 Å². The molecule has 0 aliphatic carbocycles. The number of carbonyl (C=O) groups excluding carboxylic acids is 1. The van der Waals surface area contributed by atoms with Crippen molar-refractivity contribution >= 4 is 23.2 Å². The quantitative estimate of drug-likeness (QED) is 0.817.